The zero-order chi connectivity index (χ0) is 31.5. The molecule has 6 unspecified atom stereocenters. The van der Waals surface area contributed by atoms with E-state index in [1.807, 2.05) is 0 Å². The summed E-state index contributed by atoms with van der Waals surface area (Å²) in [6, 6.07) is 0. The minimum absolute atomic E-state index is 0.194. The summed E-state index contributed by atoms with van der Waals surface area (Å²) in [5.74, 6) is 1.37. The van der Waals surface area contributed by atoms with Gasteiger partial charge >= 0.3 is 0 Å². The van der Waals surface area contributed by atoms with Crippen LogP contribution in [0.25, 0.3) is 0 Å². The van der Waals surface area contributed by atoms with Gasteiger partial charge in [0.05, 0.1) is 12.2 Å². The summed E-state index contributed by atoms with van der Waals surface area (Å²) in [6.07, 6.45) is 33.8. The average Bonchev–Trinajstić information content (AvgIpc) is 2.91. The second-order valence-electron chi connectivity index (χ2n) is 14.4. The molecular weight excluding hydrogens is 512 g/mol. The van der Waals surface area contributed by atoms with Gasteiger partial charge in [-0.25, -0.2) is 0 Å². The van der Waals surface area contributed by atoms with Crippen molar-refractivity contribution in [2.45, 2.75) is 107 Å². The van der Waals surface area contributed by atoms with Crippen molar-refractivity contribution in [3.05, 3.63) is 107 Å². The molecule has 0 saturated heterocycles. The monoisotopic (exact) mass is 572 g/mol. The van der Waals surface area contributed by atoms with E-state index in [0.717, 1.165) is 25.7 Å². The van der Waals surface area contributed by atoms with Crippen molar-refractivity contribution in [1.29, 1.82) is 0 Å². The smallest absolute Gasteiger partial charge is 0.0571 e. The molecule has 2 rings (SSSR count). The van der Waals surface area contributed by atoms with Gasteiger partial charge < -0.3 is 10.2 Å². The maximum absolute atomic E-state index is 10.3. The van der Waals surface area contributed by atoms with Crippen molar-refractivity contribution in [2.75, 3.05) is 0 Å². The van der Waals surface area contributed by atoms with Crippen molar-refractivity contribution < 1.29 is 10.2 Å². The summed E-state index contributed by atoms with van der Waals surface area (Å²) in [5, 5.41) is 20.6. The normalized spacial score (nSPS) is 31.9. The van der Waals surface area contributed by atoms with E-state index in [1.54, 1.807) is 0 Å². The lowest BCUT2D eigenvalue weighted by atomic mass is 9.63. The molecule has 0 aliphatic heterocycles. The Morgan fingerprint density at radius 1 is 0.524 bits per heavy atom. The topological polar surface area (TPSA) is 40.5 Å². The van der Waals surface area contributed by atoms with E-state index in [1.165, 1.54) is 22.3 Å². The molecule has 0 aromatic carbocycles. The van der Waals surface area contributed by atoms with Gasteiger partial charge in [0.1, 0.15) is 0 Å². The highest BCUT2D eigenvalue weighted by molar-refractivity contribution is 5.32. The van der Waals surface area contributed by atoms with Gasteiger partial charge in [-0.3, -0.25) is 0 Å². The minimum Gasteiger partial charge on any atom is -0.393 e. The molecule has 0 bridgehead atoms. The van der Waals surface area contributed by atoms with Gasteiger partial charge in [0.2, 0.25) is 0 Å². The van der Waals surface area contributed by atoms with E-state index in [-0.39, 0.29) is 23.0 Å². The van der Waals surface area contributed by atoms with Crippen LogP contribution in [0.3, 0.4) is 0 Å². The summed E-state index contributed by atoms with van der Waals surface area (Å²) >= 11 is 0. The first-order valence-corrected chi connectivity index (χ1v) is 16.1. The number of aliphatic hydroxyl groups excluding tert-OH is 2. The quantitative estimate of drug-likeness (QED) is 0.256. The third-order valence-corrected chi connectivity index (χ3v) is 9.72. The summed E-state index contributed by atoms with van der Waals surface area (Å²) in [4.78, 5) is 0. The second-order valence-corrected chi connectivity index (χ2v) is 14.4. The van der Waals surface area contributed by atoms with E-state index in [4.69, 9.17) is 0 Å². The van der Waals surface area contributed by atoms with E-state index in [9.17, 15) is 10.2 Å². The van der Waals surface area contributed by atoms with Crippen LogP contribution in [-0.4, -0.2) is 22.4 Å². The van der Waals surface area contributed by atoms with Crippen molar-refractivity contribution in [3.63, 3.8) is 0 Å². The molecule has 2 heteroatoms. The molecule has 6 atom stereocenters. The van der Waals surface area contributed by atoms with Crippen LogP contribution in [0.5, 0.6) is 0 Å². The van der Waals surface area contributed by atoms with Crippen LogP contribution >= 0.6 is 0 Å². The first-order chi connectivity index (χ1) is 19.6. The van der Waals surface area contributed by atoms with Gasteiger partial charge in [0.15, 0.2) is 0 Å². The predicted molar refractivity (Wildman–Crippen MR) is 184 cm³/mol. The van der Waals surface area contributed by atoms with Crippen LogP contribution < -0.4 is 0 Å². The third-order valence-electron chi connectivity index (χ3n) is 9.72. The van der Waals surface area contributed by atoms with E-state index in [0.29, 0.717) is 23.7 Å². The number of rotatable bonds is 10. The van der Waals surface area contributed by atoms with Crippen LogP contribution in [0.1, 0.15) is 94.9 Å². The Morgan fingerprint density at radius 2 is 0.833 bits per heavy atom. The van der Waals surface area contributed by atoms with E-state index in [2.05, 4.69) is 154 Å². The van der Waals surface area contributed by atoms with Crippen LogP contribution in [0.4, 0.5) is 0 Å². The van der Waals surface area contributed by atoms with Gasteiger partial charge in [-0.2, -0.15) is 0 Å². The standard InChI is InChI=1S/C40H60O2/c1-29(17-13-19-31(3)21-23-35-33(5)37(41)25-27-39(35,7)8)15-11-12-16-30(2)18-14-20-32(4)22-24-36-34(6)38(42)26-28-40(36,9)10/h11-24,33-38,41-42H,25-28H2,1-10H3/b12-11+,17-13+,18-14+,23-21+,24-22+,29-15+,30-16+,31-19-,32-20-. The van der Waals surface area contributed by atoms with Crippen molar-refractivity contribution in [3.8, 4) is 0 Å². The fraction of sp³-hybridized carbons (Fsp3) is 0.550. The molecule has 0 radical (unpaired) electrons. The molecule has 2 aliphatic rings. The maximum Gasteiger partial charge on any atom is 0.0571 e. The predicted octanol–water partition coefficient (Wildman–Crippen LogP) is 10.4. The van der Waals surface area contributed by atoms with Gasteiger partial charge in [-0.1, -0.05) is 149 Å². The van der Waals surface area contributed by atoms with Crippen LogP contribution in [0.2, 0.25) is 0 Å². The van der Waals surface area contributed by atoms with Gasteiger partial charge in [0, 0.05) is 0 Å². The molecule has 42 heavy (non-hydrogen) atoms. The van der Waals surface area contributed by atoms with Gasteiger partial charge in [-0.15, -0.1) is 0 Å². The zero-order valence-corrected chi connectivity index (χ0v) is 28.3. The zero-order valence-electron chi connectivity index (χ0n) is 28.3. The van der Waals surface area contributed by atoms with E-state index < -0.39 is 0 Å². The largest absolute Gasteiger partial charge is 0.393 e. The minimum atomic E-state index is -0.194. The molecule has 0 amide bonds. The highest BCUT2D eigenvalue weighted by atomic mass is 16.3. The Labute approximate surface area is 258 Å². The first kappa shape index (κ1) is 35.8. The molecule has 2 aliphatic carbocycles. The Hall–Kier alpha value is -2.42. The molecule has 0 spiro atoms. The number of hydrogen-bond acceptors (Lipinski definition) is 2. The molecule has 232 valence electrons. The molecule has 2 fully saturated rings. The first-order valence-electron chi connectivity index (χ1n) is 16.1. The lowest BCUT2D eigenvalue weighted by Crippen LogP contribution is -2.40. The van der Waals surface area contributed by atoms with Crippen LogP contribution in [-0.2, 0) is 0 Å². The van der Waals surface area contributed by atoms with Crippen LogP contribution in [0, 0.1) is 34.5 Å². The summed E-state index contributed by atoms with van der Waals surface area (Å²) in [7, 11) is 0. The number of allylic oxidation sites excluding steroid dienone is 18. The fourth-order valence-electron chi connectivity index (χ4n) is 6.52. The Balaban J connectivity index is 1.88. The molecule has 0 heterocycles. The maximum atomic E-state index is 10.3. The summed E-state index contributed by atoms with van der Waals surface area (Å²) in [6.45, 7) is 22.1. The highest BCUT2D eigenvalue weighted by Crippen LogP contribution is 2.45. The molecule has 0 aromatic rings. The average molecular weight is 573 g/mol. The number of hydrogen-bond donors (Lipinski definition) is 2. The van der Waals surface area contributed by atoms with Gasteiger partial charge in [-0.05, 0) is 87.9 Å². The fourth-order valence-corrected chi connectivity index (χ4v) is 6.52. The Morgan fingerprint density at radius 3 is 1.19 bits per heavy atom. The lowest BCUT2D eigenvalue weighted by molar-refractivity contribution is -0.00432. The van der Waals surface area contributed by atoms with Crippen molar-refractivity contribution in [1.82, 2.24) is 0 Å². The second kappa shape index (κ2) is 16.4. The van der Waals surface area contributed by atoms with Crippen LogP contribution in [0.15, 0.2) is 107 Å². The Kier molecular flexibility index (Phi) is 14.0. The summed E-state index contributed by atoms with van der Waals surface area (Å²) in [5.41, 5.74) is 5.27. The SMILES string of the molecule is CC(=C/C=C/C(C)=C/C=C/C=C(C)/C=C/C=C(C)\C=C\C1C(C)C(O)CCC1(C)C)/C=C/C1C(C)C(O)CCC1(C)C. The van der Waals surface area contributed by atoms with Gasteiger partial charge in [0.25, 0.3) is 0 Å². The third kappa shape index (κ3) is 11.3. The van der Waals surface area contributed by atoms with E-state index >= 15 is 0 Å². The van der Waals surface area contributed by atoms with Crippen molar-refractivity contribution in [2.24, 2.45) is 34.5 Å². The molecule has 0 aromatic heterocycles. The molecule has 2 nitrogen and oxygen atoms in total. The highest BCUT2D eigenvalue weighted by Gasteiger charge is 2.40. The Bertz CT molecular complexity index is 1050. The van der Waals surface area contributed by atoms with Crippen molar-refractivity contribution >= 4 is 0 Å². The lowest BCUT2D eigenvalue weighted by Gasteiger charge is -2.44. The molecular formula is C40H60O2. The molecule has 2 saturated carbocycles. The number of aliphatic hydroxyl groups is 2. The summed E-state index contributed by atoms with van der Waals surface area (Å²) < 4.78 is 0. The molecule has 2 N–H and O–H groups in total.